The molecule has 24 heavy (non-hydrogen) atoms. The molecule has 8 nitrogen and oxygen atoms in total. The molecule has 0 unspecified atom stereocenters. The monoisotopic (exact) mass is 388 g/mol. The van der Waals surface area contributed by atoms with Crippen LogP contribution in [0.15, 0.2) is 27.5 Å². The minimum absolute atomic E-state index is 0.0605. The van der Waals surface area contributed by atoms with E-state index in [1.54, 1.807) is 6.07 Å². The number of hydrogen-bond donors (Lipinski definition) is 2. The molecule has 1 aliphatic rings. The summed E-state index contributed by atoms with van der Waals surface area (Å²) in [6.45, 7) is 0. The molecule has 1 aliphatic heterocycles. The Morgan fingerprint density at radius 2 is 2.00 bits per heavy atom. The van der Waals surface area contributed by atoms with E-state index in [0.29, 0.717) is 4.47 Å². The Bertz CT molecular complexity index is 1020. The smallest absolute Gasteiger partial charge is 0.262 e. The number of nitrogens with zero attached hydrogens (tertiary/aromatic N) is 2. The van der Waals surface area contributed by atoms with Crippen LogP contribution in [0.25, 0.3) is 5.69 Å². The van der Waals surface area contributed by atoms with Crippen molar-refractivity contribution in [2.75, 3.05) is 12.8 Å². The van der Waals surface area contributed by atoms with Crippen molar-refractivity contribution in [3.05, 3.63) is 49.7 Å². The van der Waals surface area contributed by atoms with Gasteiger partial charge in [-0.1, -0.05) is 0 Å². The van der Waals surface area contributed by atoms with Crippen LogP contribution in [0.1, 0.15) is 26.3 Å². The topological polar surface area (TPSA) is 127 Å². The van der Waals surface area contributed by atoms with Gasteiger partial charge in [0.05, 0.1) is 28.4 Å². The van der Waals surface area contributed by atoms with Gasteiger partial charge in [-0.2, -0.15) is 5.26 Å². The molecule has 2 amide bonds. The number of rotatable bonds is 2. The lowest BCUT2D eigenvalue weighted by atomic mass is 10.1. The molecule has 3 rings (SSSR count). The summed E-state index contributed by atoms with van der Waals surface area (Å²) in [5.41, 5.74) is 5.35. The number of amides is 2. The fourth-order valence-electron chi connectivity index (χ4n) is 2.57. The molecule has 0 saturated carbocycles. The van der Waals surface area contributed by atoms with Gasteiger partial charge >= 0.3 is 0 Å². The van der Waals surface area contributed by atoms with Crippen LogP contribution in [0.3, 0.4) is 0 Å². The van der Waals surface area contributed by atoms with Crippen LogP contribution in [-0.2, 0) is 0 Å². The summed E-state index contributed by atoms with van der Waals surface area (Å²) in [6.07, 6.45) is 0. The van der Waals surface area contributed by atoms with Crippen LogP contribution in [-0.4, -0.2) is 23.5 Å². The fraction of sp³-hybridized carbons (Fsp3) is 0.0667. The molecule has 0 aliphatic carbocycles. The van der Waals surface area contributed by atoms with Crippen molar-refractivity contribution in [3.8, 4) is 17.5 Å². The van der Waals surface area contributed by atoms with Crippen LogP contribution in [0.5, 0.6) is 5.75 Å². The van der Waals surface area contributed by atoms with Gasteiger partial charge < -0.3 is 10.5 Å². The van der Waals surface area contributed by atoms with Crippen molar-refractivity contribution >= 4 is 33.6 Å². The largest absolute Gasteiger partial charge is 0.494 e. The Hall–Kier alpha value is -3.12. The minimum Gasteiger partial charge on any atom is -0.494 e. The minimum atomic E-state index is -0.691. The number of anilines is 1. The number of halogens is 1. The molecule has 1 aromatic heterocycles. The third kappa shape index (κ3) is 2.08. The van der Waals surface area contributed by atoms with Gasteiger partial charge in [-0.05, 0) is 28.1 Å². The number of benzene rings is 1. The van der Waals surface area contributed by atoms with Crippen LogP contribution in [0.4, 0.5) is 5.82 Å². The molecule has 2 aromatic rings. The Morgan fingerprint density at radius 3 is 2.62 bits per heavy atom. The standard InChI is InChI=1S/C15H9BrN4O4/c1-24-12-7(5-17)9(3-2-8(12)16)20-10(21)4-6-11(13(20)18)15(23)19-14(6)22/h2-4H,18H2,1H3,(H,19,22,23). The highest BCUT2D eigenvalue weighted by atomic mass is 79.9. The van der Waals surface area contributed by atoms with Crippen LogP contribution < -0.4 is 21.3 Å². The van der Waals surface area contributed by atoms with Crippen molar-refractivity contribution in [1.29, 1.82) is 5.26 Å². The maximum Gasteiger partial charge on any atom is 0.262 e. The van der Waals surface area contributed by atoms with Gasteiger partial charge in [0.15, 0.2) is 5.75 Å². The predicted molar refractivity (Wildman–Crippen MR) is 87.2 cm³/mol. The average Bonchev–Trinajstić information content (AvgIpc) is 2.82. The normalized spacial score (nSPS) is 12.5. The fourth-order valence-corrected chi connectivity index (χ4v) is 3.06. The summed E-state index contributed by atoms with van der Waals surface area (Å²) in [7, 11) is 1.38. The molecule has 0 bridgehead atoms. The first-order valence-electron chi connectivity index (χ1n) is 6.58. The van der Waals surface area contributed by atoms with E-state index in [9.17, 15) is 19.6 Å². The number of hydrogen-bond acceptors (Lipinski definition) is 6. The maximum atomic E-state index is 12.4. The summed E-state index contributed by atoms with van der Waals surface area (Å²) in [6, 6.07) is 6.05. The summed E-state index contributed by atoms with van der Waals surface area (Å²) in [5, 5.41) is 11.5. The zero-order chi connectivity index (χ0) is 17.6. The summed E-state index contributed by atoms with van der Waals surface area (Å²) in [4.78, 5) is 36.0. The van der Waals surface area contributed by atoms with E-state index in [1.807, 2.05) is 6.07 Å². The number of carbonyl (C=O) groups is 2. The summed E-state index contributed by atoms with van der Waals surface area (Å²) < 4.78 is 6.70. The number of pyridine rings is 1. The molecule has 1 aromatic carbocycles. The molecule has 0 atom stereocenters. The van der Waals surface area contributed by atoms with Gasteiger partial charge in [-0.25, -0.2) is 0 Å². The molecular formula is C15H9BrN4O4. The Morgan fingerprint density at radius 1 is 1.29 bits per heavy atom. The highest BCUT2D eigenvalue weighted by Gasteiger charge is 2.32. The number of carbonyl (C=O) groups excluding carboxylic acids is 2. The molecular weight excluding hydrogens is 380 g/mol. The Labute approximate surface area is 143 Å². The van der Waals surface area contributed by atoms with E-state index in [0.717, 1.165) is 10.6 Å². The number of nitrogens with two attached hydrogens (primary N) is 1. The summed E-state index contributed by atoms with van der Waals surface area (Å²) in [5.74, 6) is -1.37. The molecule has 0 saturated heterocycles. The molecule has 9 heteroatoms. The van der Waals surface area contributed by atoms with E-state index in [1.165, 1.54) is 13.2 Å². The lowest BCUT2D eigenvalue weighted by molar-refractivity contribution is 0.0880. The maximum absolute atomic E-state index is 12.4. The number of nitrogens with one attached hydrogen (secondary N) is 1. The van der Waals surface area contributed by atoms with Crippen molar-refractivity contribution in [3.63, 3.8) is 0 Å². The quantitative estimate of drug-likeness (QED) is 0.737. The highest BCUT2D eigenvalue weighted by molar-refractivity contribution is 9.10. The second-order valence-corrected chi connectivity index (χ2v) is 5.72. The second-order valence-electron chi connectivity index (χ2n) is 4.86. The first-order valence-corrected chi connectivity index (χ1v) is 7.38. The third-order valence-electron chi connectivity index (χ3n) is 3.60. The van der Waals surface area contributed by atoms with Gasteiger partial charge in [0.2, 0.25) is 0 Å². The Kier molecular flexibility index (Phi) is 3.62. The lowest BCUT2D eigenvalue weighted by Gasteiger charge is -2.15. The number of imide groups is 1. The SMILES string of the molecule is COc1c(Br)ccc(-n2c(N)c3c(cc2=O)C(=O)NC3=O)c1C#N. The summed E-state index contributed by atoms with van der Waals surface area (Å²) >= 11 is 3.26. The average molecular weight is 389 g/mol. The van der Waals surface area contributed by atoms with E-state index in [2.05, 4.69) is 21.2 Å². The van der Waals surface area contributed by atoms with Gasteiger partial charge in [-0.15, -0.1) is 0 Å². The van der Waals surface area contributed by atoms with Crippen LogP contribution in [0.2, 0.25) is 0 Å². The number of fused-ring (bicyclic) bond motifs is 1. The zero-order valence-corrected chi connectivity index (χ0v) is 13.8. The second kappa shape index (κ2) is 5.50. The zero-order valence-electron chi connectivity index (χ0n) is 12.2. The third-order valence-corrected chi connectivity index (χ3v) is 4.22. The number of nitriles is 1. The molecule has 0 radical (unpaired) electrons. The van der Waals surface area contributed by atoms with E-state index in [-0.39, 0.29) is 33.9 Å². The first-order chi connectivity index (χ1) is 11.4. The van der Waals surface area contributed by atoms with Crippen molar-refractivity contribution in [2.24, 2.45) is 0 Å². The molecule has 0 fully saturated rings. The van der Waals surface area contributed by atoms with E-state index >= 15 is 0 Å². The molecule has 3 N–H and O–H groups in total. The van der Waals surface area contributed by atoms with Gasteiger partial charge in [0.25, 0.3) is 17.4 Å². The van der Waals surface area contributed by atoms with Gasteiger partial charge in [-0.3, -0.25) is 24.3 Å². The highest BCUT2D eigenvalue weighted by Crippen LogP contribution is 2.34. The van der Waals surface area contributed by atoms with Crippen molar-refractivity contribution < 1.29 is 14.3 Å². The predicted octanol–water partition coefficient (Wildman–Crippen LogP) is 0.946. The number of nitrogen functional groups attached to an aromatic ring is 1. The molecule has 0 spiro atoms. The Balaban J connectivity index is 2.40. The first kappa shape index (κ1) is 15.8. The molecule has 2 heterocycles. The van der Waals surface area contributed by atoms with Crippen molar-refractivity contribution in [1.82, 2.24) is 9.88 Å². The van der Waals surface area contributed by atoms with Gasteiger partial charge in [0.1, 0.15) is 17.5 Å². The van der Waals surface area contributed by atoms with Crippen molar-refractivity contribution in [2.45, 2.75) is 0 Å². The van der Waals surface area contributed by atoms with E-state index < -0.39 is 17.4 Å². The number of aromatic nitrogens is 1. The van der Waals surface area contributed by atoms with Crippen LogP contribution >= 0.6 is 15.9 Å². The molecule has 120 valence electrons. The number of methoxy groups -OCH3 is 1. The van der Waals surface area contributed by atoms with E-state index in [4.69, 9.17) is 10.5 Å². The number of ether oxygens (including phenoxy) is 1. The van der Waals surface area contributed by atoms with Crippen LogP contribution in [0, 0.1) is 11.3 Å². The van der Waals surface area contributed by atoms with Gasteiger partial charge in [0, 0.05) is 6.07 Å². The lowest BCUT2D eigenvalue weighted by Crippen LogP contribution is -2.24.